The van der Waals surface area contributed by atoms with Gasteiger partial charge >= 0.3 is 0 Å². The lowest BCUT2D eigenvalue weighted by Gasteiger charge is -2.35. The quantitative estimate of drug-likeness (QED) is 0.898. The van der Waals surface area contributed by atoms with Gasteiger partial charge in [0.1, 0.15) is 5.75 Å². The summed E-state index contributed by atoms with van der Waals surface area (Å²) in [6, 6.07) is 7.63. The van der Waals surface area contributed by atoms with Crippen molar-refractivity contribution in [3.05, 3.63) is 29.3 Å². The highest BCUT2D eigenvalue weighted by molar-refractivity contribution is 5.36. The SMILES string of the molecule is CCN(Cc1ccc(OC)c(C)c1)C1CCC(N)CC1. The van der Waals surface area contributed by atoms with Gasteiger partial charge in [-0.1, -0.05) is 19.1 Å². The summed E-state index contributed by atoms with van der Waals surface area (Å²) in [5, 5.41) is 0. The molecular weight excluding hydrogens is 248 g/mol. The third kappa shape index (κ3) is 3.74. The summed E-state index contributed by atoms with van der Waals surface area (Å²) in [6.07, 6.45) is 4.82. The number of rotatable bonds is 5. The smallest absolute Gasteiger partial charge is 0.121 e. The van der Waals surface area contributed by atoms with Crippen LogP contribution < -0.4 is 10.5 Å². The number of hydrogen-bond donors (Lipinski definition) is 1. The first-order chi connectivity index (χ1) is 9.63. The van der Waals surface area contributed by atoms with Crippen LogP contribution in [0.5, 0.6) is 5.75 Å². The van der Waals surface area contributed by atoms with Gasteiger partial charge in [0.15, 0.2) is 0 Å². The third-order valence-electron chi connectivity index (χ3n) is 4.51. The maximum absolute atomic E-state index is 6.01. The van der Waals surface area contributed by atoms with Crippen molar-refractivity contribution in [2.75, 3.05) is 13.7 Å². The average Bonchev–Trinajstić information content (AvgIpc) is 2.46. The molecule has 0 unspecified atom stereocenters. The van der Waals surface area contributed by atoms with E-state index in [1.165, 1.54) is 36.8 Å². The Morgan fingerprint density at radius 2 is 1.95 bits per heavy atom. The predicted octanol–water partition coefficient (Wildman–Crippen LogP) is 3.10. The van der Waals surface area contributed by atoms with Crippen LogP contribution in [-0.4, -0.2) is 30.6 Å². The Morgan fingerprint density at radius 1 is 1.25 bits per heavy atom. The summed E-state index contributed by atoms with van der Waals surface area (Å²) in [7, 11) is 1.73. The summed E-state index contributed by atoms with van der Waals surface area (Å²) in [5.74, 6) is 0.973. The van der Waals surface area contributed by atoms with E-state index in [1.54, 1.807) is 7.11 Å². The number of nitrogens with zero attached hydrogens (tertiary/aromatic N) is 1. The minimum absolute atomic E-state index is 0.424. The molecule has 3 heteroatoms. The van der Waals surface area contributed by atoms with Gasteiger partial charge in [-0.05, 0) is 56.3 Å². The second-order valence-electron chi connectivity index (χ2n) is 5.94. The fourth-order valence-corrected chi connectivity index (χ4v) is 3.24. The van der Waals surface area contributed by atoms with Gasteiger partial charge in [-0.3, -0.25) is 4.90 Å². The molecule has 0 bridgehead atoms. The Hall–Kier alpha value is -1.06. The molecule has 112 valence electrons. The van der Waals surface area contributed by atoms with Crippen molar-refractivity contribution in [3.63, 3.8) is 0 Å². The molecule has 0 amide bonds. The lowest BCUT2D eigenvalue weighted by atomic mass is 9.90. The van der Waals surface area contributed by atoms with E-state index in [9.17, 15) is 0 Å². The third-order valence-corrected chi connectivity index (χ3v) is 4.51. The van der Waals surface area contributed by atoms with Crippen molar-refractivity contribution in [3.8, 4) is 5.75 Å². The van der Waals surface area contributed by atoms with Crippen LogP contribution >= 0.6 is 0 Å². The standard InChI is InChI=1S/C17H28N2O/c1-4-19(16-8-6-15(18)7-9-16)12-14-5-10-17(20-3)13(2)11-14/h5,10-11,15-16H,4,6-9,12,18H2,1-3H3. The van der Waals surface area contributed by atoms with Gasteiger partial charge in [-0.2, -0.15) is 0 Å². The molecule has 20 heavy (non-hydrogen) atoms. The molecule has 0 atom stereocenters. The van der Waals surface area contributed by atoms with Crippen molar-refractivity contribution in [2.45, 2.75) is 58.2 Å². The van der Waals surface area contributed by atoms with Crippen LogP contribution in [0.3, 0.4) is 0 Å². The second-order valence-corrected chi connectivity index (χ2v) is 5.94. The molecule has 0 radical (unpaired) electrons. The van der Waals surface area contributed by atoms with Gasteiger partial charge in [-0.15, -0.1) is 0 Å². The highest BCUT2D eigenvalue weighted by Gasteiger charge is 2.23. The molecule has 3 nitrogen and oxygen atoms in total. The van der Waals surface area contributed by atoms with Crippen molar-refractivity contribution >= 4 is 0 Å². The summed E-state index contributed by atoms with van der Waals surface area (Å²) >= 11 is 0. The van der Waals surface area contributed by atoms with Crippen LogP contribution in [0.25, 0.3) is 0 Å². The predicted molar refractivity (Wildman–Crippen MR) is 84.0 cm³/mol. The molecule has 0 aromatic heterocycles. The largest absolute Gasteiger partial charge is 0.496 e. The van der Waals surface area contributed by atoms with Crippen LogP contribution in [-0.2, 0) is 6.54 Å². The minimum atomic E-state index is 0.424. The summed E-state index contributed by atoms with van der Waals surface area (Å²) in [4.78, 5) is 2.59. The zero-order chi connectivity index (χ0) is 14.5. The highest BCUT2D eigenvalue weighted by Crippen LogP contribution is 2.25. The van der Waals surface area contributed by atoms with Crippen LogP contribution in [0.4, 0.5) is 0 Å². The number of benzene rings is 1. The maximum atomic E-state index is 6.01. The first-order valence-electron chi connectivity index (χ1n) is 7.77. The zero-order valence-corrected chi connectivity index (χ0v) is 13.1. The monoisotopic (exact) mass is 276 g/mol. The summed E-state index contributed by atoms with van der Waals surface area (Å²) < 4.78 is 5.33. The Morgan fingerprint density at radius 3 is 2.50 bits per heavy atom. The normalized spacial score (nSPS) is 23.1. The lowest BCUT2D eigenvalue weighted by molar-refractivity contribution is 0.149. The van der Waals surface area contributed by atoms with E-state index in [1.807, 2.05) is 0 Å². The molecule has 1 aliphatic rings. The first-order valence-corrected chi connectivity index (χ1v) is 7.77. The molecule has 2 N–H and O–H groups in total. The van der Waals surface area contributed by atoms with Gasteiger partial charge < -0.3 is 10.5 Å². The summed E-state index contributed by atoms with van der Waals surface area (Å²) in [5.41, 5.74) is 8.60. The number of nitrogens with two attached hydrogens (primary N) is 1. The molecular formula is C17H28N2O. The molecule has 2 rings (SSSR count). The molecule has 1 aromatic rings. The van der Waals surface area contributed by atoms with E-state index < -0.39 is 0 Å². The fraction of sp³-hybridized carbons (Fsp3) is 0.647. The lowest BCUT2D eigenvalue weighted by Crippen LogP contribution is -2.40. The topological polar surface area (TPSA) is 38.5 Å². The van der Waals surface area contributed by atoms with Crippen molar-refractivity contribution in [1.29, 1.82) is 0 Å². The second kappa shape index (κ2) is 7.09. The maximum Gasteiger partial charge on any atom is 0.121 e. The van der Waals surface area contributed by atoms with Crippen molar-refractivity contribution < 1.29 is 4.74 Å². The van der Waals surface area contributed by atoms with Gasteiger partial charge in [-0.25, -0.2) is 0 Å². The summed E-state index contributed by atoms with van der Waals surface area (Å²) in [6.45, 7) is 6.50. The molecule has 0 saturated heterocycles. The minimum Gasteiger partial charge on any atom is -0.496 e. The number of hydrogen-bond acceptors (Lipinski definition) is 3. The van der Waals surface area contributed by atoms with Crippen LogP contribution in [0.15, 0.2) is 18.2 Å². The molecule has 0 heterocycles. The van der Waals surface area contributed by atoms with E-state index in [-0.39, 0.29) is 0 Å². The number of methoxy groups -OCH3 is 1. The highest BCUT2D eigenvalue weighted by atomic mass is 16.5. The molecule has 1 fully saturated rings. The molecule has 1 saturated carbocycles. The van der Waals surface area contributed by atoms with Gasteiger partial charge in [0, 0.05) is 18.6 Å². The van der Waals surface area contributed by atoms with Crippen molar-refractivity contribution in [1.82, 2.24) is 4.90 Å². The van der Waals surface area contributed by atoms with E-state index in [0.29, 0.717) is 12.1 Å². The van der Waals surface area contributed by atoms with Gasteiger partial charge in [0.05, 0.1) is 7.11 Å². The van der Waals surface area contributed by atoms with E-state index in [4.69, 9.17) is 10.5 Å². The van der Waals surface area contributed by atoms with Crippen LogP contribution in [0.1, 0.15) is 43.7 Å². The van der Waals surface area contributed by atoms with Crippen LogP contribution in [0.2, 0.25) is 0 Å². The Labute approximate surface area is 123 Å². The van der Waals surface area contributed by atoms with Crippen LogP contribution in [0, 0.1) is 6.92 Å². The zero-order valence-electron chi connectivity index (χ0n) is 13.1. The Bertz CT molecular complexity index is 425. The molecule has 1 aliphatic carbocycles. The molecule has 0 aliphatic heterocycles. The Balaban J connectivity index is 2.00. The average molecular weight is 276 g/mol. The number of ether oxygens (including phenoxy) is 1. The van der Waals surface area contributed by atoms with E-state index in [2.05, 4.69) is 36.9 Å². The molecule has 1 aromatic carbocycles. The van der Waals surface area contributed by atoms with E-state index >= 15 is 0 Å². The number of aryl methyl sites for hydroxylation is 1. The van der Waals surface area contributed by atoms with Gasteiger partial charge in [0.25, 0.3) is 0 Å². The fourth-order valence-electron chi connectivity index (χ4n) is 3.24. The molecule has 0 spiro atoms. The van der Waals surface area contributed by atoms with Crippen molar-refractivity contribution in [2.24, 2.45) is 5.73 Å². The Kier molecular flexibility index (Phi) is 5.44. The van der Waals surface area contributed by atoms with E-state index in [0.717, 1.165) is 18.8 Å². The first kappa shape index (κ1) is 15.3. The van der Waals surface area contributed by atoms with Gasteiger partial charge in [0.2, 0.25) is 0 Å².